The number of ether oxygens (including phenoxy) is 2. The molecule has 29 heavy (non-hydrogen) atoms. The van der Waals surface area contributed by atoms with Crippen molar-refractivity contribution in [1.29, 1.82) is 0 Å². The third-order valence-electron chi connectivity index (χ3n) is 4.15. The summed E-state index contributed by atoms with van der Waals surface area (Å²) in [6, 6.07) is 11.2. The molecule has 152 valence electrons. The van der Waals surface area contributed by atoms with Gasteiger partial charge in [0.25, 0.3) is 11.6 Å². The van der Waals surface area contributed by atoms with Gasteiger partial charge in [0.15, 0.2) is 6.61 Å². The topological polar surface area (TPSA) is 106 Å². The number of carbonyl (C=O) groups excluding carboxylic acids is 1. The van der Waals surface area contributed by atoms with Gasteiger partial charge in [0.05, 0.1) is 24.4 Å². The van der Waals surface area contributed by atoms with Crippen LogP contribution in [0.3, 0.4) is 0 Å². The minimum atomic E-state index is -0.473. The molecule has 1 aliphatic heterocycles. The minimum absolute atomic E-state index is 0.0548. The molecule has 0 aromatic heterocycles. The van der Waals surface area contributed by atoms with Gasteiger partial charge in [0.2, 0.25) is 0 Å². The summed E-state index contributed by atoms with van der Waals surface area (Å²) >= 11 is 5.79. The van der Waals surface area contributed by atoms with E-state index < -0.39 is 10.8 Å². The zero-order valence-corrected chi connectivity index (χ0v) is 16.2. The molecule has 0 bridgehead atoms. The predicted molar refractivity (Wildman–Crippen MR) is 109 cm³/mol. The van der Waals surface area contributed by atoms with Crippen LogP contribution < -0.4 is 15.1 Å². The maximum Gasteiger partial charge on any atom is 0.277 e. The number of amides is 1. The number of non-ortho nitro benzene ring substituents is 1. The largest absolute Gasteiger partial charge is 0.484 e. The van der Waals surface area contributed by atoms with Crippen LogP contribution in [0.4, 0.5) is 11.4 Å². The number of nitro groups is 1. The third-order valence-corrected chi connectivity index (χ3v) is 4.40. The van der Waals surface area contributed by atoms with Gasteiger partial charge in [0.1, 0.15) is 5.75 Å². The van der Waals surface area contributed by atoms with Crippen LogP contribution in [0.25, 0.3) is 0 Å². The second kappa shape index (κ2) is 9.85. The zero-order chi connectivity index (χ0) is 20.6. The molecule has 1 aliphatic rings. The lowest BCUT2D eigenvalue weighted by Crippen LogP contribution is -2.36. The van der Waals surface area contributed by atoms with E-state index in [4.69, 9.17) is 21.1 Å². The van der Waals surface area contributed by atoms with Crippen LogP contribution >= 0.6 is 11.6 Å². The summed E-state index contributed by atoms with van der Waals surface area (Å²) in [7, 11) is 0. The number of rotatable bonds is 7. The van der Waals surface area contributed by atoms with Gasteiger partial charge in [-0.15, -0.1) is 0 Å². The van der Waals surface area contributed by atoms with Gasteiger partial charge in [0, 0.05) is 41.5 Å². The van der Waals surface area contributed by atoms with Crippen LogP contribution in [0.2, 0.25) is 5.02 Å². The molecule has 0 unspecified atom stereocenters. The summed E-state index contributed by atoms with van der Waals surface area (Å²) in [5.41, 5.74) is 3.62. The van der Waals surface area contributed by atoms with E-state index in [9.17, 15) is 14.9 Å². The fourth-order valence-electron chi connectivity index (χ4n) is 2.74. The number of hydrogen-bond acceptors (Lipinski definition) is 7. The molecular weight excluding hydrogens is 400 g/mol. The average molecular weight is 419 g/mol. The van der Waals surface area contributed by atoms with Gasteiger partial charge >= 0.3 is 0 Å². The molecule has 1 amide bonds. The maximum atomic E-state index is 11.9. The first-order chi connectivity index (χ1) is 14.0. The van der Waals surface area contributed by atoms with E-state index in [1.54, 1.807) is 30.3 Å². The molecule has 0 spiro atoms. The number of nitro benzene ring substituents is 1. The molecule has 1 saturated heterocycles. The van der Waals surface area contributed by atoms with Crippen molar-refractivity contribution in [2.24, 2.45) is 5.10 Å². The maximum absolute atomic E-state index is 11.9. The fourth-order valence-corrected chi connectivity index (χ4v) is 2.86. The average Bonchev–Trinajstić information content (AvgIpc) is 2.74. The van der Waals surface area contributed by atoms with Crippen molar-refractivity contribution in [3.63, 3.8) is 0 Å². The van der Waals surface area contributed by atoms with E-state index in [0.29, 0.717) is 42.6 Å². The minimum Gasteiger partial charge on any atom is -0.484 e. The van der Waals surface area contributed by atoms with Crippen LogP contribution in [-0.2, 0) is 9.53 Å². The third kappa shape index (κ3) is 5.90. The first kappa shape index (κ1) is 20.6. The summed E-state index contributed by atoms with van der Waals surface area (Å²) in [6.45, 7) is 2.25. The molecular formula is C19H19ClN4O5. The van der Waals surface area contributed by atoms with Gasteiger partial charge in [-0.25, -0.2) is 5.43 Å². The van der Waals surface area contributed by atoms with Crippen molar-refractivity contribution in [3.05, 3.63) is 63.2 Å². The van der Waals surface area contributed by atoms with Crippen LogP contribution in [0.1, 0.15) is 5.56 Å². The Morgan fingerprint density at radius 1 is 1.28 bits per heavy atom. The van der Waals surface area contributed by atoms with Crippen LogP contribution in [-0.4, -0.2) is 50.0 Å². The summed E-state index contributed by atoms with van der Waals surface area (Å²) in [6.07, 6.45) is 1.39. The van der Waals surface area contributed by atoms with Crippen molar-refractivity contribution >= 4 is 35.1 Å². The molecule has 0 radical (unpaired) electrons. The lowest BCUT2D eigenvalue weighted by Gasteiger charge is -2.29. The van der Waals surface area contributed by atoms with Crippen LogP contribution in [0, 0.1) is 10.1 Å². The van der Waals surface area contributed by atoms with E-state index in [1.165, 1.54) is 18.3 Å². The van der Waals surface area contributed by atoms with E-state index in [2.05, 4.69) is 15.4 Å². The summed E-state index contributed by atoms with van der Waals surface area (Å²) < 4.78 is 10.7. The molecule has 2 aromatic rings. The highest BCUT2D eigenvalue weighted by Crippen LogP contribution is 2.25. The molecule has 10 heteroatoms. The molecule has 3 rings (SSSR count). The monoisotopic (exact) mass is 418 g/mol. The number of nitrogens with zero attached hydrogens (tertiary/aromatic N) is 3. The Labute approximate surface area is 172 Å². The normalized spacial score (nSPS) is 14.0. The standard InChI is InChI=1S/C19H19ClN4O5/c20-15-1-4-17(5-2-15)29-13-19(25)22-21-12-14-11-16(24(26)27)3-6-18(14)23-7-9-28-10-8-23/h1-6,11-12H,7-10,13H2,(H,22,25)/b21-12-. The van der Waals surface area contributed by atoms with E-state index in [-0.39, 0.29) is 12.3 Å². The van der Waals surface area contributed by atoms with Gasteiger partial charge in [-0.2, -0.15) is 5.10 Å². The Morgan fingerprint density at radius 3 is 2.69 bits per heavy atom. The number of hydrogen-bond donors (Lipinski definition) is 1. The van der Waals surface area contributed by atoms with Crippen molar-refractivity contribution in [3.8, 4) is 5.75 Å². The Balaban J connectivity index is 1.64. The predicted octanol–water partition coefficient (Wildman–Crippen LogP) is 2.61. The van der Waals surface area contributed by atoms with Gasteiger partial charge in [-0.3, -0.25) is 14.9 Å². The first-order valence-corrected chi connectivity index (χ1v) is 9.22. The molecule has 2 aromatic carbocycles. The molecule has 9 nitrogen and oxygen atoms in total. The van der Waals surface area contributed by atoms with E-state index in [0.717, 1.165) is 5.69 Å². The molecule has 1 fully saturated rings. The van der Waals surface area contributed by atoms with Gasteiger partial charge in [-0.1, -0.05) is 11.6 Å². The summed E-state index contributed by atoms with van der Waals surface area (Å²) in [5.74, 6) is 0.0383. The van der Waals surface area contributed by atoms with E-state index >= 15 is 0 Å². The molecule has 1 N–H and O–H groups in total. The molecule has 0 atom stereocenters. The Kier molecular flexibility index (Phi) is 6.99. The SMILES string of the molecule is O=C(COc1ccc(Cl)cc1)N/N=C\c1cc([N+](=O)[O-])ccc1N1CCOCC1. The Bertz CT molecular complexity index is 898. The number of anilines is 1. The van der Waals surface area contributed by atoms with Crippen LogP contribution in [0.15, 0.2) is 47.6 Å². The van der Waals surface area contributed by atoms with E-state index in [1.807, 2.05) is 0 Å². The van der Waals surface area contributed by atoms with Gasteiger partial charge in [-0.05, 0) is 30.3 Å². The molecule has 0 aliphatic carbocycles. The zero-order valence-electron chi connectivity index (χ0n) is 15.4. The highest BCUT2D eigenvalue weighted by Gasteiger charge is 2.17. The summed E-state index contributed by atoms with van der Waals surface area (Å²) in [4.78, 5) is 24.6. The quantitative estimate of drug-likeness (QED) is 0.421. The molecule has 1 heterocycles. The van der Waals surface area contributed by atoms with Crippen molar-refractivity contribution in [2.75, 3.05) is 37.8 Å². The Hall–Kier alpha value is -3.17. The van der Waals surface area contributed by atoms with Crippen LogP contribution in [0.5, 0.6) is 5.75 Å². The van der Waals surface area contributed by atoms with Gasteiger partial charge < -0.3 is 14.4 Å². The number of nitrogens with one attached hydrogen (secondary N) is 1. The number of carbonyl (C=O) groups is 1. The fraction of sp³-hybridized carbons (Fsp3) is 0.263. The second-order valence-corrected chi connectivity index (χ2v) is 6.57. The molecule has 0 saturated carbocycles. The summed E-state index contributed by atoms with van der Waals surface area (Å²) in [5, 5.41) is 15.6. The Morgan fingerprint density at radius 2 is 2.00 bits per heavy atom. The highest BCUT2D eigenvalue weighted by molar-refractivity contribution is 6.30. The second-order valence-electron chi connectivity index (χ2n) is 6.14. The van der Waals surface area contributed by atoms with Crippen molar-refractivity contribution < 1.29 is 19.2 Å². The number of halogens is 1. The number of morpholine rings is 1. The van der Waals surface area contributed by atoms with Crippen molar-refractivity contribution in [1.82, 2.24) is 5.43 Å². The van der Waals surface area contributed by atoms with Crippen molar-refractivity contribution in [2.45, 2.75) is 0 Å². The number of benzene rings is 2. The smallest absolute Gasteiger partial charge is 0.277 e. The highest BCUT2D eigenvalue weighted by atomic mass is 35.5. The first-order valence-electron chi connectivity index (χ1n) is 8.84. The lowest BCUT2D eigenvalue weighted by atomic mass is 10.1. The number of hydrazone groups is 1. The lowest BCUT2D eigenvalue weighted by molar-refractivity contribution is -0.384.